The van der Waals surface area contributed by atoms with Crippen LogP contribution < -0.4 is 5.32 Å². The molecule has 0 aliphatic carbocycles. The van der Waals surface area contributed by atoms with Crippen LogP contribution >= 0.6 is 0 Å². The Morgan fingerprint density at radius 3 is 2.48 bits per heavy atom. The van der Waals surface area contributed by atoms with E-state index in [0.717, 1.165) is 17.7 Å². The first kappa shape index (κ1) is 12.5. The third-order valence-corrected chi connectivity index (χ3v) is 4.46. The molecule has 0 radical (unpaired) electrons. The summed E-state index contributed by atoms with van der Waals surface area (Å²) in [5, 5.41) is 3.67. The number of anilines is 1. The molecule has 4 rings (SSSR count). The summed E-state index contributed by atoms with van der Waals surface area (Å²) >= 11 is 0. The number of rotatable bonds is 1. The summed E-state index contributed by atoms with van der Waals surface area (Å²) in [5.41, 5.74) is 3.19. The fourth-order valence-electron chi connectivity index (χ4n) is 3.69. The van der Waals surface area contributed by atoms with Crippen molar-refractivity contribution in [2.24, 2.45) is 0 Å². The molecule has 0 amide bonds. The van der Waals surface area contributed by atoms with Gasteiger partial charge in [0.25, 0.3) is 0 Å². The predicted molar refractivity (Wildman–Crippen MR) is 85.9 cm³/mol. The standard InChI is InChI=1S/C19H19NO/c1-18-12-17(14-8-4-3-5-9-14)21-19(2,13-18)15-10-6-7-11-16(15)20-18/h3-12,20H,13H2,1-2H3. The van der Waals surface area contributed by atoms with Crippen molar-refractivity contribution in [1.29, 1.82) is 0 Å². The molecule has 2 unspecified atom stereocenters. The van der Waals surface area contributed by atoms with E-state index >= 15 is 0 Å². The zero-order valence-corrected chi connectivity index (χ0v) is 12.4. The lowest BCUT2D eigenvalue weighted by Gasteiger charge is -2.49. The molecule has 2 bridgehead atoms. The van der Waals surface area contributed by atoms with Crippen molar-refractivity contribution in [1.82, 2.24) is 0 Å². The molecule has 0 saturated carbocycles. The second kappa shape index (κ2) is 4.14. The van der Waals surface area contributed by atoms with Crippen LogP contribution in [-0.2, 0) is 10.3 Å². The lowest BCUT2D eigenvalue weighted by atomic mass is 9.75. The van der Waals surface area contributed by atoms with Gasteiger partial charge in [0.1, 0.15) is 11.4 Å². The smallest absolute Gasteiger partial charge is 0.136 e. The highest BCUT2D eigenvalue weighted by molar-refractivity contribution is 5.69. The van der Waals surface area contributed by atoms with Gasteiger partial charge in [0.05, 0.1) is 5.54 Å². The molecule has 0 spiro atoms. The van der Waals surface area contributed by atoms with Gasteiger partial charge in [-0.3, -0.25) is 0 Å². The Hall–Kier alpha value is -2.22. The molecule has 2 atom stereocenters. The first-order valence-corrected chi connectivity index (χ1v) is 7.43. The minimum absolute atomic E-state index is 0.0769. The highest BCUT2D eigenvalue weighted by Crippen LogP contribution is 2.50. The fraction of sp³-hybridized carbons (Fsp3) is 0.263. The largest absolute Gasteiger partial charge is 0.482 e. The Labute approximate surface area is 125 Å². The molecule has 2 nitrogen and oxygen atoms in total. The number of ether oxygens (including phenoxy) is 1. The van der Waals surface area contributed by atoms with E-state index in [9.17, 15) is 0 Å². The molecular formula is C19H19NO. The van der Waals surface area contributed by atoms with E-state index in [0.29, 0.717) is 0 Å². The normalized spacial score (nSPS) is 29.7. The van der Waals surface area contributed by atoms with Crippen LogP contribution in [0.15, 0.2) is 60.7 Å². The van der Waals surface area contributed by atoms with Gasteiger partial charge >= 0.3 is 0 Å². The van der Waals surface area contributed by atoms with E-state index in [-0.39, 0.29) is 11.1 Å². The van der Waals surface area contributed by atoms with Crippen LogP contribution in [0.4, 0.5) is 5.69 Å². The molecule has 1 N–H and O–H groups in total. The molecule has 0 saturated heterocycles. The van der Waals surface area contributed by atoms with E-state index in [2.05, 4.69) is 73.8 Å². The van der Waals surface area contributed by atoms with Crippen LogP contribution in [0.3, 0.4) is 0 Å². The van der Waals surface area contributed by atoms with Crippen molar-refractivity contribution >= 4 is 11.4 Å². The van der Waals surface area contributed by atoms with Crippen LogP contribution in [0, 0.1) is 0 Å². The maximum atomic E-state index is 6.44. The van der Waals surface area contributed by atoms with Crippen molar-refractivity contribution in [2.45, 2.75) is 31.4 Å². The highest BCUT2D eigenvalue weighted by Gasteiger charge is 2.47. The number of para-hydroxylation sites is 1. The lowest BCUT2D eigenvalue weighted by molar-refractivity contribution is 0.0167. The first-order chi connectivity index (χ1) is 10.1. The Bertz CT molecular complexity index is 721. The van der Waals surface area contributed by atoms with E-state index in [1.165, 1.54) is 11.3 Å². The van der Waals surface area contributed by atoms with Gasteiger partial charge in [-0.25, -0.2) is 0 Å². The van der Waals surface area contributed by atoms with E-state index in [1.54, 1.807) is 0 Å². The molecule has 0 aromatic heterocycles. The average molecular weight is 277 g/mol. The molecule has 21 heavy (non-hydrogen) atoms. The second-order valence-corrected chi connectivity index (χ2v) is 6.47. The van der Waals surface area contributed by atoms with Crippen molar-refractivity contribution in [3.8, 4) is 0 Å². The third-order valence-electron chi connectivity index (χ3n) is 4.46. The van der Waals surface area contributed by atoms with Crippen LogP contribution in [0.25, 0.3) is 5.76 Å². The maximum Gasteiger partial charge on any atom is 0.136 e. The van der Waals surface area contributed by atoms with Gasteiger partial charge in [0.2, 0.25) is 0 Å². The Morgan fingerprint density at radius 1 is 0.952 bits per heavy atom. The lowest BCUT2D eigenvalue weighted by Crippen LogP contribution is -2.49. The maximum absolute atomic E-state index is 6.44. The minimum atomic E-state index is -0.281. The summed E-state index contributed by atoms with van der Waals surface area (Å²) in [4.78, 5) is 0. The number of hydrogen-bond acceptors (Lipinski definition) is 2. The second-order valence-electron chi connectivity index (χ2n) is 6.47. The molecule has 2 heterocycles. The molecule has 2 aromatic rings. The predicted octanol–water partition coefficient (Wildman–Crippen LogP) is 4.55. The molecule has 2 aromatic carbocycles. The van der Waals surface area contributed by atoms with Crippen LogP contribution in [0.1, 0.15) is 31.4 Å². The Kier molecular flexibility index (Phi) is 2.47. The number of benzene rings is 2. The zero-order chi connectivity index (χ0) is 14.5. The summed E-state index contributed by atoms with van der Waals surface area (Å²) in [6, 6.07) is 18.8. The summed E-state index contributed by atoms with van der Waals surface area (Å²) in [5.74, 6) is 0.967. The molecular weight excluding hydrogens is 258 g/mol. The van der Waals surface area contributed by atoms with Crippen LogP contribution in [-0.4, -0.2) is 5.54 Å². The monoisotopic (exact) mass is 277 g/mol. The third kappa shape index (κ3) is 1.94. The highest BCUT2D eigenvalue weighted by atomic mass is 16.5. The van der Waals surface area contributed by atoms with E-state index < -0.39 is 0 Å². The summed E-state index contributed by atoms with van der Waals surface area (Å²) in [6.07, 6.45) is 3.16. The van der Waals surface area contributed by atoms with Crippen molar-refractivity contribution in [3.05, 3.63) is 71.8 Å². The van der Waals surface area contributed by atoms with Gasteiger partial charge in [0, 0.05) is 23.2 Å². The van der Waals surface area contributed by atoms with Gasteiger partial charge in [0.15, 0.2) is 0 Å². The first-order valence-electron chi connectivity index (χ1n) is 7.43. The zero-order valence-electron chi connectivity index (χ0n) is 12.4. The molecule has 106 valence electrons. The van der Waals surface area contributed by atoms with E-state index in [4.69, 9.17) is 4.74 Å². The number of nitrogens with one attached hydrogen (secondary N) is 1. The quantitative estimate of drug-likeness (QED) is 0.825. The summed E-state index contributed by atoms with van der Waals surface area (Å²) < 4.78 is 6.44. The summed E-state index contributed by atoms with van der Waals surface area (Å²) in [6.45, 7) is 4.44. The van der Waals surface area contributed by atoms with Gasteiger partial charge in [-0.1, -0.05) is 48.5 Å². The van der Waals surface area contributed by atoms with Crippen molar-refractivity contribution in [3.63, 3.8) is 0 Å². The Balaban J connectivity index is 1.85. The fourth-order valence-corrected chi connectivity index (χ4v) is 3.69. The van der Waals surface area contributed by atoms with Crippen molar-refractivity contribution in [2.75, 3.05) is 5.32 Å². The molecule has 2 aliphatic heterocycles. The summed E-state index contributed by atoms with van der Waals surface area (Å²) in [7, 11) is 0. The molecule has 0 fully saturated rings. The van der Waals surface area contributed by atoms with Gasteiger partial charge in [-0.05, 0) is 26.0 Å². The van der Waals surface area contributed by atoms with E-state index in [1.807, 2.05) is 6.07 Å². The Morgan fingerprint density at radius 2 is 1.67 bits per heavy atom. The van der Waals surface area contributed by atoms with Gasteiger partial charge in [-0.15, -0.1) is 0 Å². The SMILES string of the molecule is CC12C=C(c3ccccc3)OC(C)(C1)c1ccccc1N2. The molecule has 2 heteroatoms. The van der Waals surface area contributed by atoms with Crippen LogP contribution in [0.5, 0.6) is 0 Å². The van der Waals surface area contributed by atoms with Crippen LogP contribution in [0.2, 0.25) is 0 Å². The number of hydrogen-bond donors (Lipinski definition) is 1. The number of fused-ring (bicyclic) bond motifs is 4. The average Bonchev–Trinajstić information content (AvgIpc) is 2.46. The van der Waals surface area contributed by atoms with Gasteiger partial charge in [-0.2, -0.15) is 0 Å². The topological polar surface area (TPSA) is 21.3 Å². The van der Waals surface area contributed by atoms with Crippen molar-refractivity contribution < 1.29 is 4.74 Å². The van der Waals surface area contributed by atoms with Gasteiger partial charge < -0.3 is 10.1 Å². The minimum Gasteiger partial charge on any atom is -0.482 e. The molecule has 2 aliphatic rings.